The number of methoxy groups -OCH3 is 1. The van der Waals surface area contributed by atoms with Crippen LogP contribution < -0.4 is 16.2 Å². The van der Waals surface area contributed by atoms with Gasteiger partial charge in [-0.25, -0.2) is 0 Å². The van der Waals surface area contributed by atoms with E-state index in [2.05, 4.69) is 0 Å². The van der Waals surface area contributed by atoms with Crippen LogP contribution in [0.2, 0.25) is 5.02 Å². The van der Waals surface area contributed by atoms with Gasteiger partial charge in [0.05, 0.1) is 13.5 Å². The highest BCUT2D eigenvalue weighted by molar-refractivity contribution is 6.31. The van der Waals surface area contributed by atoms with Gasteiger partial charge in [-0.1, -0.05) is 17.7 Å². The molecule has 0 radical (unpaired) electrons. The van der Waals surface area contributed by atoms with Gasteiger partial charge in [-0.15, -0.1) is 0 Å². The normalized spacial score (nSPS) is 14.1. The minimum absolute atomic E-state index is 0.205. The van der Waals surface area contributed by atoms with E-state index in [9.17, 15) is 4.79 Å². The molecule has 6 heteroatoms. The molecular weight excluding hydrogens is 244 g/mol. The molecule has 2 atom stereocenters. The molecule has 0 saturated heterocycles. The quantitative estimate of drug-likeness (QED) is 0.736. The molecule has 2 unspecified atom stereocenters. The summed E-state index contributed by atoms with van der Waals surface area (Å²) in [5.74, 6) is -0.379. The zero-order valence-corrected chi connectivity index (χ0v) is 10.1. The molecule has 0 saturated carbocycles. The first-order valence-corrected chi connectivity index (χ1v) is 5.40. The van der Waals surface area contributed by atoms with Crippen molar-refractivity contribution < 1.29 is 14.6 Å². The minimum atomic E-state index is -0.988. The summed E-state index contributed by atoms with van der Waals surface area (Å²) in [6.45, 7) is 0. The molecule has 1 aromatic rings. The Hall–Kier alpha value is -1.30. The fourth-order valence-electron chi connectivity index (χ4n) is 1.46. The molecule has 0 fully saturated rings. The molecule has 17 heavy (non-hydrogen) atoms. The highest BCUT2D eigenvalue weighted by Gasteiger charge is 2.20. The van der Waals surface area contributed by atoms with Crippen molar-refractivity contribution in [2.24, 2.45) is 11.5 Å². The highest BCUT2D eigenvalue weighted by Crippen LogP contribution is 2.27. The molecule has 0 spiro atoms. The molecule has 0 aliphatic carbocycles. The zero-order valence-electron chi connectivity index (χ0n) is 9.39. The first kappa shape index (κ1) is 13.8. The van der Waals surface area contributed by atoms with Crippen molar-refractivity contribution in [1.29, 1.82) is 0 Å². The van der Waals surface area contributed by atoms with Gasteiger partial charge in [-0.3, -0.25) is 4.79 Å². The van der Waals surface area contributed by atoms with Gasteiger partial charge in [-0.2, -0.15) is 0 Å². The molecule has 0 amide bonds. The molecule has 0 aliphatic heterocycles. The highest BCUT2D eigenvalue weighted by atomic mass is 35.5. The van der Waals surface area contributed by atoms with E-state index in [0.29, 0.717) is 16.3 Å². The lowest BCUT2D eigenvalue weighted by Gasteiger charge is -2.20. The number of ether oxygens (including phenoxy) is 1. The van der Waals surface area contributed by atoms with Crippen LogP contribution in [0, 0.1) is 0 Å². The molecule has 94 valence electrons. The first-order valence-electron chi connectivity index (χ1n) is 5.02. The third kappa shape index (κ3) is 3.59. The fraction of sp³-hybridized carbons (Fsp3) is 0.364. The van der Waals surface area contributed by atoms with E-state index in [0.717, 1.165) is 0 Å². The van der Waals surface area contributed by atoms with Gasteiger partial charge in [0, 0.05) is 17.1 Å². The Morgan fingerprint density at radius 2 is 2.18 bits per heavy atom. The van der Waals surface area contributed by atoms with E-state index >= 15 is 0 Å². The van der Waals surface area contributed by atoms with E-state index < -0.39 is 18.1 Å². The maximum Gasteiger partial charge on any atom is 0.304 e. The largest absolute Gasteiger partial charge is 0.497 e. The second-order valence-corrected chi connectivity index (χ2v) is 4.08. The molecular formula is C11H15ClN2O3. The van der Waals surface area contributed by atoms with Crippen LogP contribution in [0.1, 0.15) is 18.0 Å². The zero-order chi connectivity index (χ0) is 13.0. The number of benzene rings is 1. The van der Waals surface area contributed by atoms with Gasteiger partial charge in [0.2, 0.25) is 0 Å². The van der Waals surface area contributed by atoms with Crippen molar-refractivity contribution in [2.75, 3.05) is 7.11 Å². The standard InChI is InChI=1S/C11H15ClN2O3/c1-17-6-2-3-7(8(12)4-6)11(14)9(13)5-10(15)16/h2-4,9,11H,5,13-14H2,1H3,(H,15,16). The number of halogens is 1. The van der Waals surface area contributed by atoms with Gasteiger partial charge < -0.3 is 21.3 Å². The average Bonchev–Trinajstić information content (AvgIpc) is 2.27. The Labute approximate surface area is 104 Å². The predicted octanol–water partition coefficient (Wildman–Crippen LogP) is 1.15. The number of hydrogen-bond acceptors (Lipinski definition) is 4. The Bertz CT molecular complexity index is 412. The summed E-state index contributed by atoms with van der Waals surface area (Å²) < 4.78 is 5.00. The summed E-state index contributed by atoms with van der Waals surface area (Å²) in [4.78, 5) is 10.5. The number of nitrogens with two attached hydrogens (primary N) is 2. The summed E-state index contributed by atoms with van der Waals surface area (Å²) in [5.41, 5.74) is 12.2. The molecule has 5 N–H and O–H groups in total. The van der Waals surface area contributed by atoms with Crippen molar-refractivity contribution in [3.05, 3.63) is 28.8 Å². The van der Waals surface area contributed by atoms with E-state index in [1.165, 1.54) is 7.11 Å². The number of rotatable bonds is 5. The van der Waals surface area contributed by atoms with E-state index in [-0.39, 0.29) is 6.42 Å². The van der Waals surface area contributed by atoms with Crippen LogP contribution in [0.4, 0.5) is 0 Å². The van der Waals surface area contributed by atoms with Crippen molar-refractivity contribution in [1.82, 2.24) is 0 Å². The van der Waals surface area contributed by atoms with Gasteiger partial charge in [-0.05, 0) is 17.7 Å². The average molecular weight is 259 g/mol. The van der Waals surface area contributed by atoms with Crippen molar-refractivity contribution in [3.63, 3.8) is 0 Å². The second-order valence-electron chi connectivity index (χ2n) is 3.67. The maximum absolute atomic E-state index is 10.5. The number of carboxylic acids is 1. The predicted molar refractivity (Wildman–Crippen MR) is 65.2 cm³/mol. The molecule has 0 aromatic heterocycles. The summed E-state index contributed by atoms with van der Waals surface area (Å²) in [5, 5.41) is 9.06. The van der Waals surface area contributed by atoms with Gasteiger partial charge in [0.1, 0.15) is 5.75 Å². The SMILES string of the molecule is COc1ccc(C(N)C(N)CC(=O)O)c(Cl)c1. The molecule has 5 nitrogen and oxygen atoms in total. The van der Waals surface area contributed by atoms with E-state index in [1.54, 1.807) is 18.2 Å². The first-order chi connectivity index (χ1) is 7.95. The summed E-state index contributed by atoms with van der Waals surface area (Å²) >= 11 is 6.02. The molecule has 1 aromatic carbocycles. The van der Waals surface area contributed by atoms with Crippen LogP contribution in [0.15, 0.2) is 18.2 Å². The number of aliphatic carboxylic acids is 1. The molecule has 0 heterocycles. The lowest BCUT2D eigenvalue weighted by molar-refractivity contribution is -0.137. The van der Waals surface area contributed by atoms with Gasteiger partial charge in [0.25, 0.3) is 0 Å². The van der Waals surface area contributed by atoms with Crippen LogP contribution in [0.3, 0.4) is 0 Å². The topological polar surface area (TPSA) is 98.6 Å². The summed E-state index contributed by atoms with van der Waals surface area (Å²) in [6, 6.07) is 3.70. The fourth-order valence-corrected chi connectivity index (χ4v) is 1.76. The number of carboxylic acid groups (broad SMARTS) is 1. The van der Waals surface area contributed by atoms with Crippen molar-refractivity contribution in [2.45, 2.75) is 18.5 Å². The second kappa shape index (κ2) is 5.86. The third-order valence-corrected chi connectivity index (χ3v) is 2.77. The smallest absolute Gasteiger partial charge is 0.304 e. The lowest BCUT2D eigenvalue weighted by Crippen LogP contribution is -2.36. The van der Waals surface area contributed by atoms with E-state index in [1.807, 2.05) is 0 Å². The molecule has 0 aliphatic rings. The van der Waals surface area contributed by atoms with Crippen molar-refractivity contribution >= 4 is 17.6 Å². The Morgan fingerprint density at radius 3 is 2.65 bits per heavy atom. The molecule has 1 rings (SSSR count). The van der Waals surface area contributed by atoms with E-state index in [4.69, 9.17) is 32.9 Å². The van der Waals surface area contributed by atoms with Crippen LogP contribution in [-0.4, -0.2) is 24.2 Å². The maximum atomic E-state index is 10.5. The Balaban J connectivity index is 2.88. The number of carbonyl (C=O) groups is 1. The monoisotopic (exact) mass is 258 g/mol. The van der Waals surface area contributed by atoms with Crippen LogP contribution in [0.25, 0.3) is 0 Å². The lowest BCUT2D eigenvalue weighted by atomic mass is 9.98. The van der Waals surface area contributed by atoms with Crippen LogP contribution in [-0.2, 0) is 4.79 Å². The Morgan fingerprint density at radius 1 is 1.53 bits per heavy atom. The molecule has 0 bridgehead atoms. The third-order valence-electron chi connectivity index (χ3n) is 2.44. The van der Waals surface area contributed by atoms with Gasteiger partial charge >= 0.3 is 5.97 Å². The van der Waals surface area contributed by atoms with Gasteiger partial charge in [0.15, 0.2) is 0 Å². The van der Waals surface area contributed by atoms with Crippen LogP contribution >= 0.6 is 11.6 Å². The summed E-state index contributed by atoms with van der Waals surface area (Å²) in [7, 11) is 1.53. The Kier molecular flexibility index (Phi) is 4.74. The van der Waals surface area contributed by atoms with Crippen molar-refractivity contribution in [3.8, 4) is 5.75 Å². The minimum Gasteiger partial charge on any atom is -0.497 e. The summed E-state index contributed by atoms with van der Waals surface area (Å²) in [6.07, 6.45) is -0.205. The van der Waals surface area contributed by atoms with Crippen LogP contribution in [0.5, 0.6) is 5.75 Å². The number of hydrogen-bond donors (Lipinski definition) is 3.